The van der Waals surface area contributed by atoms with Crippen LogP contribution in [0.1, 0.15) is 18.8 Å². The molecule has 1 aromatic heterocycles. The van der Waals surface area contributed by atoms with Crippen LogP contribution in [0, 0.1) is 0 Å². The van der Waals surface area contributed by atoms with Gasteiger partial charge in [-0.1, -0.05) is 0 Å². The molecule has 0 saturated carbocycles. The minimum Gasteiger partial charge on any atom is -0.314 e. The number of halogens is 3. The maximum Gasteiger partial charge on any atom is 0.410 e. The lowest BCUT2D eigenvalue weighted by atomic mass is 10.3. The highest BCUT2D eigenvalue weighted by atomic mass is 19.4. The molecule has 0 radical (unpaired) electrons. The monoisotopic (exact) mass is 194 g/mol. The summed E-state index contributed by atoms with van der Waals surface area (Å²) >= 11 is 0. The van der Waals surface area contributed by atoms with Crippen LogP contribution in [0.2, 0.25) is 0 Å². The second-order valence-electron chi connectivity index (χ2n) is 2.45. The van der Waals surface area contributed by atoms with E-state index in [-0.39, 0.29) is 5.82 Å². The van der Waals surface area contributed by atoms with Crippen LogP contribution in [-0.4, -0.2) is 20.9 Å². The largest absolute Gasteiger partial charge is 0.410 e. The third kappa shape index (κ3) is 1.97. The van der Waals surface area contributed by atoms with E-state index in [1.165, 1.54) is 0 Å². The van der Waals surface area contributed by atoms with Gasteiger partial charge in [-0.15, -0.1) is 0 Å². The van der Waals surface area contributed by atoms with E-state index >= 15 is 0 Å². The van der Waals surface area contributed by atoms with Crippen molar-refractivity contribution in [3.63, 3.8) is 0 Å². The number of aryl methyl sites for hydroxylation is 1. The topological polar surface area (TPSA) is 56.7 Å². The predicted molar refractivity (Wildman–Crippen MR) is 38.7 cm³/mol. The average Bonchev–Trinajstić information content (AvgIpc) is 2.48. The molecule has 0 amide bonds. The van der Waals surface area contributed by atoms with Gasteiger partial charge >= 0.3 is 6.18 Å². The number of aromatic nitrogens is 3. The van der Waals surface area contributed by atoms with Gasteiger partial charge in [-0.25, -0.2) is 9.67 Å². The van der Waals surface area contributed by atoms with E-state index in [0.29, 0.717) is 6.54 Å². The number of alkyl halides is 3. The Kier molecular flexibility index (Phi) is 2.55. The fourth-order valence-corrected chi connectivity index (χ4v) is 0.904. The van der Waals surface area contributed by atoms with Crippen molar-refractivity contribution in [2.24, 2.45) is 5.73 Å². The van der Waals surface area contributed by atoms with Crippen molar-refractivity contribution in [1.82, 2.24) is 14.8 Å². The normalized spacial score (nSPS) is 14.5. The molecule has 74 valence electrons. The first-order valence-electron chi connectivity index (χ1n) is 3.66. The number of rotatable bonds is 2. The van der Waals surface area contributed by atoms with Gasteiger partial charge in [0.25, 0.3) is 0 Å². The van der Waals surface area contributed by atoms with Gasteiger partial charge in [0.15, 0.2) is 11.9 Å². The molecule has 1 rings (SSSR count). The summed E-state index contributed by atoms with van der Waals surface area (Å²) in [5.41, 5.74) is 4.94. The Balaban J connectivity index is 2.94. The van der Waals surface area contributed by atoms with Crippen molar-refractivity contribution in [1.29, 1.82) is 0 Å². The highest BCUT2D eigenvalue weighted by Gasteiger charge is 2.40. The van der Waals surface area contributed by atoms with E-state index in [4.69, 9.17) is 5.73 Å². The van der Waals surface area contributed by atoms with E-state index in [2.05, 4.69) is 10.1 Å². The lowest BCUT2D eigenvalue weighted by molar-refractivity contribution is -0.151. The van der Waals surface area contributed by atoms with Gasteiger partial charge in [0.2, 0.25) is 0 Å². The van der Waals surface area contributed by atoms with Crippen LogP contribution in [0.4, 0.5) is 13.2 Å². The molecular weight excluding hydrogens is 185 g/mol. The summed E-state index contributed by atoms with van der Waals surface area (Å²) in [5.74, 6) is -0.255. The van der Waals surface area contributed by atoms with Crippen LogP contribution in [0.5, 0.6) is 0 Å². The van der Waals surface area contributed by atoms with Crippen LogP contribution in [0.3, 0.4) is 0 Å². The highest BCUT2D eigenvalue weighted by molar-refractivity contribution is 4.96. The summed E-state index contributed by atoms with van der Waals surface area (Å²) in [6.45, 7) is 1.99. The summed E-state index contributed by atoms with van der Waals surface area (Å²) in [6.07, 6.45) is -3.41. The summed E-state index contributed by atoms with van der Waals surface area (Å²) in [5, 5.41) is 3.59. The van der Waals surface area contributed by atoms with Crippen molar-refractivity contribution in [2.45, 2.75) is 25.7 Å². The molecule has 0 spiro atoms. The summed E-state index contributed by atoms with van der Waals surface area (Å²) in [4.78, 5) is 3.46. The van der Waals surface area contributed by atoms with Crippen LogP contribution in [0.25, 0.3) is 0 Å². The fraction of sp³-hybridized carbons (Fsp3) is 0.667. The Morgan fingerprint density at radius 2 is 2.23 bits per heavy atom. The predicted octanol–water partition coefficient (Wildman–Crippen LogP) is 0.860. The highest BCUT2D eigenvalue weighted by Crippen LogP contribution is 2.28. The molecule has 4 nitrogen and oxygen atoms in total. The molecule has 2 N–H and O–H groups in total. The van der Waals surface area contributed by atoms with E-state index in [9.17, 15) is 13.2 Å². The second-order valence-corrected chi connectivity index (χ2v) is 2.45. The molecular formula is C6H9F3N4. The first-order valence-corrected chi connectivity index (χ1v) is 3.66. The lowest BCUT2D eigenvalue weighted by Gasteiger charge is -2.14. The summed E-state index contributed by atoms with van der Waals surface area (Å²) in [6, 6.07) is -2.06. The van der Waals surface area contributed by atoms with Crippen molar-refractivity contribution >= 4 is 0 Å². The molecule has 0 aliphatic carbocycles. The molecule has 0 aliphatic heterocycles. The zero-order chi connectivity index (χ0) is 10.1. The molecule has 1 heterocycles. The molecule has 1 atom stereocenters. The minimum atomic E-state index is -4.47. The van der Waals surface area contributed by atoms with Crippen molar-refractivity contribution < 1.29 is 13.2 Å². The standard InChI is InChI=1S/C6H9F3N4/c1-2-13-5(11-3-12-13)4(10)6(7,8)9/h3-4H,2,10H2,1H3. The zero-order valence-electron chi connectivity index (χ0n) is 6.91. The first-order chi connectivity index (χ1) is 5.96. The van der Waals surface area contributed by atoms with Gasteiger partial charge in [-0.3, -0.25) is 0 Å². The van der Waals surface area contributed by atoms with Gasteiger partial charge in [-0.2, -0.15) is 18.3 Å². The third-order valence-corrected chi connectivity index (χ3v) is 1.58. The SMILES string of the molecule is CCn1ncnc1C(N)C(F)(F)F. The molecule has 0 saturated heterocycles. The average molecular weight is 194 g/mol. The van der Waals surface area contributed by atoms with Gasteiger partial charge in [0.05, 0.1) is 0 Å². The molecule has 0 fully saturated rings. The molecule has 13 heavy (non-hydrogen) atoms. The van der Waals surface area contributed by atoms with Gasteiger partial charge in [-0.05, 0) is 6.92 Å². The zero-order valence-corrected chi connectivity index (χ0v) is 6.91. The second kappa shape index (κ2) is 3.33. The first kappa shape index (κ1) is 9.97. The molecule has 0 bridgehead atoms. The Morgan fingerprint density at radius 1 is 1.62 bits per heavy atom. The van der Waals surface area contributed by atoms with E-state index < -0.39 is 12.2 Å². The quantitative estimate of drug-likeness (QED) is 0.759. The van der Waals surface area contributed by atoms with Crippen LogP contribution < -0.4 is 5.73 Å². The maximum absolute atomic E-state index is 12.1. The Bertz CT molecular complexity index is 280. The van der Waals surface area contributed by atoms with E-state index in [1.54, 1.807) is 6.92 Å². The summed E-state index contributed by atoms with van der Waals surface area (Å²) < 4.78 is 37.5. The maximum atomic E-state index is 12.1. The summed E-state index contributed by atoms with van der Waals surface area (Å²) in [7, 11) is 0. The molecule has 1 aromatic rings. The van der Waals surface area contributed by atoms with E-state index in [0.717, 1.165) is 11.0 Å². The molecule has 7 heteroatoms. The number of hydrogen-bond acceptors (Lipinski definition) is 3. The van der Waals surface area contributed by atoms with Crippen LogP contribution >= 0.6 is 0 Å². The Labute approximate surface area is 72.6 Å². The van der Waals surface area contributed by atoms with Crippen LogP contribution in [-0.2, 0) is 6.54 Å². The van der Waals surface area contributed by atoms with Crippen molar-refractivity contribution in [2.75, 3.05) is 0 Å². The fourth-order valence-electron chi connectivity index (χ4n) is 0.904. The molecule has 1 unspecified atom stereocenters. The number of hydrogen-bond donors (Lipinski definition) is 1. The Hall–Kier alpha value is -1.11. The lowest BCUT2D eigenvalue weighted by Crippen LogP contribution is -2.31. The Morgan fingerprint density at radius 3 is 2.69 bits per heavy atom. The van der Waals surface area contributed by atoms with Gasteiger partial charge in [0.1, 0.15) is 6.33 Å². The minimum absolute atomic E-state index is 0.255. The molecule has 0 aromatic carbocycles. The number of nitrogens with two attached hydrogens (primary N) is 1. The number of nitrogens with zero attached hydrogens (tertiary/aromatic N) is 3. The van der Waals surface area contributed by atoms with Crippen molar-refractivity contribution in [3.05, 3.63) is 12.2 Å². The third-order valence-electron chi connectivity index (χ3n) is 1.58. The smallest absolute Gasteiger partial charge is 0.314 e. The van der Waals surface area contributed by atoms with Gasteiger partial charge in [0, 0.05) is 6.54 Å². The van der Waals surface area contributed by atoms with Crippen LogP contribution in [0.15, 0.2) is 6.33 Å². The van der Waals surface area contributed by atoms with Gasteiger partial charge < -0.3 is 5.73 Å². The molecule has 0 aliphatic rings. The van der Waals surface area contributed by atoms with E-state index in [1.807, 2.05) is 0 Å². The van der Waals surface area contributed by atoms with Crippen molar-refractivity contribution in [3.8, 4) is 0 Å².